The van der Waals surface area contributed by atoms with E-state index in [1.54, 1.807) is 25.3 Å². The molecule has 0 aliphatic rings. The molecule has 1 aromatic heterocycles. The van der Waals surface area contributed by atoms with Gasteiger partial charge in [-0.1, -0.05) is 6.07 Å². The van der Waals surface area contributed by atoms with Gasteiger partial charge in [-0.05, 0) is 48.9 Å². The standard InChI is InChI=1S/C21H19F2N3O2S2/c1-12(29-16-6-4-15(5-7-16)25-13(2)27)20(28)26-21-24-11-17(30-21)9-14-3-8-18(22)19(23)10-14/h3-8,10-12H,9H2,1-2H3,(H,25,27)(H,24,26,28). The predicted octanol–water partition coefficient (Wildman–Crippen LogP) is 5.09. The first-order chi connectivity index (χ1) is 14.3. The molecule has 9 heteroatoms. The largest absolute Gasteiger partial charge is 0.326 e. The van der Waals surface area contributed by atoms with E-state index in [9.17, 15) is 18.4 Å². The number of hydrogen-bond donors (Lipinski definition) is 2. The monoisotopic (exact) mass is 447 g/mol. The molecule has 0 saturated heterocycles. The number of benzene rings is 2. The molecule has 0 spiro atoms. The maximum Gasteiger partial charge on any atom is 0.239 e. The van der Waals surface area contributed by atoms with E-state index in [0.29, 0.717) is 22.8 Å². The minimum atomic E-state index is -0.888. The van der Waals surface area contributed by atoms with Crippen LogP contribution in [-0.2, 0) is 16.0 Å². The van der Waals surface area contributed by atoms with Crippen molar-refractivity contribution in [3.63, 3.8) is 0 Å². The number of carbonyl (C=O) groups is 2. The number of amides is 2. The van der Waals surface area contributed by atoms with Crippen molar-refractivity contribution in [3.05, 3.63) is 70.7 Å². The molecule has 0 saturated carbocycles. The highest BCUT2D eigenvalue weighted by atomic mass is 32.2. The molecule has 0 bridgehead atoms. The third kappa shape index (κ3) is 6.11. The lowest BCUT2D eigenvalue weighted by molar-refractivity contribution is -0.115. The molecule has 0 fully saturated rings. The lowest BCUT2D eigenvalue weighted by atomic mass is 10.1. The average molecular weight is 448 g/mol. The summed E-state index contributed by atoms with van der Waals surface area (Å²) in [5, 5.41) is 5.56. The number of halogens is 2. The van der Waals surface area contributed by atoms with E-state index in [2.05, 4.69) is 15.6 Å². The van der Waals surface area contributed by atoms with Crippen LogP contribution in [0.3, 0.4) is 0 Å². The van der Waals surface area contributed by atoms with Crippen LogP contribution >= 0.6 is 23.1 Å². The van der Waals surface area contributed by atoms with Crippen molar-refractivity contribution in [3.8, 4) is 0 Å². The van der Waals surface area contributed by atoms with Crippen LogP contribution in [0, 0.1) is 11.6 Å². The summed E-state index contributed by atoms with van der Waals surface area (Å²) in [5.41, 5.74) is 1.32. The van der Waals surface area contributed by atoms with Gasteiger partial charge in [-0.3, -0.25) is 9.59 Å². The first-order valence-electron chi connectivity index (χ1n) is 9.04. The molecule has 1 heterocycles. The first kappa shape index (κ1) is 21.9. The quantitative estimate of drug-likeness (QED) is 0.495. The summed E-state index contributed by atoms with van der Waals surface area (Å²) >= 11 is 2.67. The van der Waals surface area contributed by atoms with Crippen molar-refractivity contribution in [2.45, 2.75) is 30.4 Å². The van der Waals surface area contributed by atoms with Crippen LogP contribution in [-0.4, -0.2) is 22.0 Å². The fraction of sp³-hybridized carbons (Fsp3) is 0.190. The van der Waals surface area contributed by atoms with Gasteiger partial charge in [0.15, 0.2) is 16.8 Å². The van der Waals surface area contributed by atoms with E-state index in [1.807, 2.05) is 12.1 Å². The highest BCUT2D eigenvalue weighted by Gasteiger charge is 2.16. The van der Waals surface area contributed by atoms with Gasteiger partial charge >= 0.3 is 0 Å². The van der Waals surface area contributed by atoms with Gasteiger partial charge in [-0.15, -0.1) is 23.1 Å². The Balaban J connectivity index is 1.55. The number of carbonyl (C=O) groups excluding carboxylic acids is 2. The van der Waals surface area contributed by atoms with E-state index in [1.165, 1.54) is 36.1 Å². The molecule has 0 aliphatic heterocycles. The second-order valence-corrected chi connectivity index (χ2v) is 9.04. The van der Waals surface area contributed by atoms with Gasteiger partial charge in [0.05, 0.1) is 5.25 Å². The van der Waals surface area contributed by atoms with Gasteiger partial charge in [0, 0.05) is 35.0 Å². The highest BCUT2D eigenvalue weighted by Crippen LogP contribution is 2.27. The molecule has 3 aromatic rings. The molecule has 156 valence electrons. The predicted molar refractivity (Wildman–Crippen MR) is 116 cm³/mol. The van der Waals surface area contributed by atoms with Crippen LogP contribution in [0.15, 0.2) is 53.6 Å². The summed E-state index contributed by atoms with van der Waals surface area (Å²) in [6, 6.07) is 11.0. The van der Waals surface area contributed by atoms with Crippen molar-refractivity contribution in [1.82, 2.24) is 4.98 Å². The number of nitrogens with one attached hydrogen (secondary N) is 2. The molecule has 1 unspecified atom stereocenters. The molecule has 2 amide bonds. The zero-order valence-corrected chi connectivity index (χ0v) is 17.9. The van der Waals surface area contributed by atoms with Gasteiger partial charge < -0.3 is 10.6 Å². The van der Waals surface area contributed by atoms with E-state index < -0.39 is 11.6 Å². The van der Waals surface area contributed by atoms with Crippen LogP contribution < -0.4 is 10.6 Å². The normalized spacial score (nSPS) is 11.7. The SMILES string of the molecule is CC(=O)Nc1ccc(SC(C)C(=O)Nc2ncc(Cc3ccc(F)c(F)c3)s2)cc1. The second kappa shape index (κ2) is 9.82. The topological polar surface area (TPSA) is 71.1 Å². The lowest BCUT2D eigenvalue weighted by Gasteiger charge is -2.11. The smallest absolute Gasteiger partial charge is 0.239 e. The highest BCUT2D eigenvalue weighted by molar-refractivity contribution is 8.00. The van der Waals surface area contributed by atoms with Crippen molar-refractivity contribution in [2.75, 3.05) is 10.6 Å². The van der Waals surface area contributed by atoms with E-state index in [4.69, 9.17) is 0 Å². The Morgan fingerprint density at radius 2 is 1.83 bits per heavy atom. The van der Waals surface area contributed by atoms with Crippen molar-refractivity contribution in [2.24, 2.45) is 0 Å². The van der Waals surface area contributed by atoms with Crippen LogP contribution in [0.25, 0.3) is 0 Å². The molecule has 1 atom stereocenters. The van der Waals surface area contributed by atoms with E-state index in [0.717, 1.165) is 21.9 Å². The van der Waals surface area contributed by atoms with Crippen LogP contribution in [0.2, 0.25) is 0 Å². The third-order valence-electron chi connectivity index (χ3n) is 4.00. The minimum Gasteiger partial charge on any atom is -0.326 e. The fourth-order valence-electron chi connectivity index (χ4n) is 2.58. The lowest BCUT2D eigenvalue weighted by Crippen LogP contribution is -2.22. The number of rotatable bonds is 7. The molecule has 3 rings (SSSR count). The maximum absolute atomic E-state index is 13.3. The Bertz CT molecular complexity index is 1050. The number of aromatic nitrogens is 1. The molecule has 0 aliphatic carbocycles. The van der Waals surface area contributed by atoms with Gasteiger partial charge in [0.1, 0.15) is 0 Å². The zero-order chi connectivity index (χ0) is 21.7. The van der Waals surface area contributed by atoms with E-state index >= 15 is 0 Å². The van der Waals surface area contributed by atoms with Gasteiger partial charge in [0.25, 0.3) is 0 Å². The van der Waals surface area contributed by atoms with Crippen LogP contribution in [0.5, 0.6) is 0 Å². The number of hydrogen-bond acceptors (Lipinski definition) is 5. The summed E-state index contributed by atoms with van der Waals surface area (Å²) in [6.07, 6.45) is 2.01. The maximum atomic E-state index is 13.3. The first-order valence-corrected chi connectivity index (χ1v) is 10.7. The van der Waals surface area contributed by atoms with Gasteiger partial charge in [-0.25, -0.2) is 13.8 Å². The zero-order valence-electron chi connectivity index (χ0n) is 16.2. The van der Waals surface area contributed by atoms with Crippen molar-refractivity contribution < 1.29 is 18.4 Å². The van der Waals surface area contributed by atoms with Crippen molar-refractivity contribution in [1.29, 1.82) is 0 Å². The number of nitrogens with zero attached hydrogens (tertiary/aromatic N) is 1. The Kier molecular flexibility index (Phi) is 7.17. The summed E-state index contributed by atoms with van der Waals surface area (Å²) < 4.78 is 26.4. The summed E-state index contributed by atoms with van der Waals surface area (Å²) in [7, 11) is 0. The van der Waals surface area contributed by atoms with Gasteiger partial charge in [-0.2, -0.15) is 0 Å². The summed E-state index contributed by atoms with van der Waals surface area (Å²) in [6.45, 7) is 3.23. The van der Waals surface area contributed by atoms with E-state index in [-0.39, 0.29) is 17.1 Å². The second-order valence-electron chi connectivity index (χ2n) is 6.51. The molecular formula is C21H19F2N3O2S2. The molecule has 0 radical (unpaired) electrons. The minimum absolute atomic E-state index is 0.143. The number of thiazole rings is 1. The third-order valence-corrected chi connectivity index (χ3v) is 6.03. The molecular weight excluding hydrogens is 428 g/mol. The number of anilines is 2. The van der Waals surface area contributed by atoms with Crippen LogP contribution in [0.4, 0.5) is 19.6 Å². The molecule has 30 heavy (non-hydrogen) atoms. The Labute approximate surface area is 180 Å². The Morgan fingerprint density at radius 3 is 2.50 bits per heavy atom. The molecule has 5 nitrogen and oxygen atoms in total. The summed E-state index contributed by atoms with van der Waals surface area (Å²) in [4.78, 5) is 29.4. The van der Waals surface area contributed by atoms with Crippen LogP contribution in [0.1, 0.15) is 24.3 Å². The van der Waals surface area contributed by atoms with Crippen molar-refractivity contribution >= 4 is 45.7 Å². The Hall–Kier alpha value is -2.78. The molecule has 2 N–H and O–H groups in total. The van der Waals surface area contributed by atoms with Gasteiger partial charge in [0.2, 0.25) is 11.8 Å². The number of thioether (sulfide) groups is 1. The summed E-state index contributed by atoms with van der Waals surface area (Å²) in [5.74, 6) is -2.11. The molecule has 2 aromatic carbocycles. The average Bonchev–Trinajstić information content (AvgIpc) is 3.12. The fourth-order valence-corrected chi connectivity index (χ4v) is 4.30. The Morgan fingerprint density at radius 1 is 1.10 bits per heavy atom.